The second-order valence-electron chi connectivity index (χ2n) is 13.1. The second-order valence-corrected chi connectivity index (χ2v) is 14.8. The van der Waals surface area contributed by atoms with Gasteiger partial charge in [-0.1, -0.05) is 24.6 Å². The van der Waals surface area contributed by atoms with Gasteiger partial charge in [-0.3, -0.25) is 14.3 Å². The molecule has 47 heavy (non-hydrogen) atoms. The van der Waals surface area contributed by atoms with Gasteiger partial charge in [-0.05, 0) is 97.4 Å². The molecule has 0 unspecified atom stereocenters. The highest BCUT2D eigenvalue weighted by molar-refractivity contribution is 7.92. The Labute approximate surface area is 281 Å². The molecule has 0 saturated heterocycles. The molecule has 0 saturated carbocycles. The first kappa shape index (κ1) is 38.3. The summed E-state index contributed by atoms with van der Waals surface area (Å²) in [7, 11) is 1.83. The Morgan fingerprint density at radius 2 is 1.81 bits per heavy atom. The predicted octanol–water partition coefficient (Wildman–Crippen LogP) is 4.39. The molecule has 0 spiro atoms. The molecule has 0 fully saturated rings. The number of carbonyl (C=O) groups excluding carboxylic acids is 2. The SMILES string of the molecule is Cc1ccc(S(=O)(=O)Nc2ccc3c(c2)C(=O)N([C@@H](C)CO)C[C@H](C)[C@@H](CN(C)C(=O)CCCN(C)C)OCCCC[C@H](C)O3)cc1. The number of aliphatic hydroxyl groups is 1. The molecule has 262 valence electrons. The third kappa shape index (κ3) is 11.5. The van der Waals surface area contributed by atoms with E-state index in [2.05, 4.69) is 9.62 Å². The van der Waals surface area contributed by atoms with E-state index < -0.39 is 22.0 Å². The van der Waals surface area contributed by atoms with Crippen molar-refractivity contribution in [2.24, 2.45) is 5.92 Å². The van der Waals surface area contributed by atoms with E-state index in [0.717, 1.165) is 37.8 Å². The smallest absolute Gasteiger partial charge is 0.261 e. The van der Waals surface area contributed by atoms with Gasteiger partial charge in [0.1, 0.15) is 5.75 Å². The van der Waals surface area contributed by atoms with Crippen LogP contribution in [0.2, 0.25) is 0 Å². The maximum absolute atomic E-state index is 14.3. The van der Waals surface area contributed by atoms with E-state index in [0.29, 0.717) is 25.3 Å². The summed E-state index contributed by atoms with van der Waals surface area (Å²) < 4.78 is 41.6. The van der Waals surface area contributed by atoms with Crippen LogP contribution in [-0.4, -0.2) is 112 Å². The van der Waals surface area contributed by atoms with Crippen LogP contribution in [0.15, 0.2) is 47.4 Å². The molecule has 12 heteroatoms. The average Bonchev–Trinajstić information content (AvgIpc) is 3.02. The van der Waals surface area contributed by atoms with Crippen molar-refractivity contribution >= 4 is 27.5 Å². The molecule has 0 bridgehead atoms. The summed E-state index contributed by atoms with van der Waals surface area (Å²) in [5.74, 6) is -0.212. The summed E-state index contributed by atoms with van der Waals surface area (Å²) in [4.78, 5) is 32.7. The number of hydrogen-bond donors (Lipinski definition) is 2. The van der Waals surface area contributed by atoms with Gasteiger partial charge in [0.15, 0.2) is 0 Å². The fraction of sp³-hybridized carbons (Fsp3) is 0.600. The zero-order chi connectivity index (χ0) is 34.7. The molecule has 2 N–H and O–H groups in total. The molecule has 2 aromatic carbocycles. The largest absolute Gasteiger partial charge is 0.490 e. The summed E-state index contributed by atoms with van der Waals surface area (Å²) in [5, 5.41) is 10.2. The number of aryl methyl sites for hydroxylation is 1. The number of carbonyl (C=O) groups is 2. The second kappa shape index (κ2) is 17.8. The minimum Gasteiger partial charge on any atom is -0.490 e. The molecule has 3 rings (SSSR count). The van der Waals surface area contributed by atoms with Gasteiger partial charge in [0.05, 0.1) is 35.3 Å². The van der Waals surface area contributed by atoms with E-state index in [4.69, 9.17) is 9.47 Å². The van der Waals surface area contributed by atoms with Gasteiger partial charge in [-0.15, -0.1) is 0 Å². The molecule has 1 aliphatic rings. The van der Waals surface area contributed by atoms with E-state index in [1.165, 1.54) is 18.2 Å². The number of rotatable bonds is 11. The van der Waals surface area contributed by atoms with Crippen LogP contribution < -0.4 is 9.46 Å². The molecule has 2 aromatic rings. The number of sulfonamides is 1. The van der Waals surface area contributed by atoms with Crippen LogP contribution >= 0.6 is 0 Å². The van der Waals surface area contributed by atoms with Crippen molar-refractivity contribution in [3.05, 3.63) is 53.6 Å². The highest BCUT2D eigenvalue weighted by Crippen LogP contribution is 2.29. The number of benzene rings is 2. The monoisotopic (exact) mass is 674 g/mol. The summed E-state index contributed by atoms with van der Waals surface area (Å²) in [5.41, 5.74) is 1.34. The molecule has 0 aliphatic carbocycles. The molecule has 0 radical (unpaired) electrons. The Hall–Kier alpha value is -3.19. The minimum absolute atomic E-state index is 0.0410. The minimum atomic E-state index is -3.92. The Morgan fingerprint density at radius 3 is 2.47 bits per heavy atom. The average molecular weight is 675 g/mol. The molecule has 1 heterocycles. The number of aliphatic hydroxyl groups excluding tert-OH is 1. The zero-order valence-electron chi connectivity index (χ0n) is 29.1. The number of ether oxygens (including phenoxy) is 2. The fourth-order valence-corrected chi connectivity index (χ4v) is 6.54. The van der Waals surface area contributed by atoms with Crippen molar-refractivity contribution in [1.29, 1.82) is 0 Å². The number of nitrogens with one attached hydrogen (secondary N) is 1. The summed E-state index contributed by atoms with van der Waals surface area (Å²) in [6.07, 6.45) is 3.00. The lowest BCUT2D eigenvalue weighted by atomic mass is 10.0. The summed E-state index contributed by atoms with van der Waals surface area (Å²) >= 11 is 0. The topological polar surface area (TPSA) is 129 Å². The van der Waals surface area contributed by atoms with Crippen molar-refractivity contribution in [3.63, 3.8) is 0 Å². The number of amides is 2. The molecular weight excluding hydrogens is 620 g/mol. The van der Waals surface area contributed by atoms with E-state index in [1.807, 2.05) is 34.9 Å². The molecule has 11 nitrogen and oxygen atoms in total. The maximum atomic E-state index is 14.3. The van der Waals surface area contributed by atoms with Gasteiger partial charge < -0.3 is 29.3 Å². The van der Waals surface area contributed by atoms with Gasteiger partial charge in [0, 0.05) is 44.8 Å². The number of hydrogen-bond acceptors (Lipinski definition) is 8. The van der Waals surface area contributed by atoms with Crippen LogP contribution in [0.5, 0.6) is 5.75 Å². The summed E-state index contributed by atoms with van der Waals surface area (Å²) in [6.45, 7) is 9.23. The van der Waals surface area contributed by atoms with Crippen LogP contribution in [0, 0.1) is 12.8 Å². The quantitative estimate of drug-likeness (QED) is 0.359. The Morgan fingerprint density at radius 1 is 1.11 bits per heavy atom. The van der Waals surface area contributed by atoms with Crippen molar-refractivity contribution in [3.8, 4) is 5.75 Å². The zero-order valence-corrected chi connectivity index (χ0v) is 29.9. The normalized spacial score (nSPS) is 20.6. The lowest BCUT2D eigenvalue weighted by molar-refractivity contribution is -0.132. The first-order valence-electron chi connectivity index (χ1n) is 16.5. The maximum Gasteiger partial charge on any atom is 0.261 e. The van der Waals surface area contributed by atoms with Gasteiger partial charge in [-0.25, -0.2) is 8.42 Å². The first-order valence-corrected chi connectivity index (χ1v) is 18.0. The highest BCUT2D eigenvalue weighted by Gasteiger charge is 2.31. The lowest BCUT2D eigenvalue weighted by Gasteiger charge is -2.36. The Balaban J connectivity index is 1.93. The van der Waals surface area contributed by atoms with Gasteiger partial charge >= 0.3 is 0 Å². The van der Waals surface area contributed by atoms with Crippen molar-refractivity contribution in [2.45, 2.75) is 82.9 Å². The molecule has 0 aromatic heterocycles. The van der Waals surface area contributed by atoms with Gasteiger partial charge in [-0.2, -0.15) is 0 Å². The number of nitrogens with zero attached hydrogens (tertiary/aromatic N) is 3. The van der Waals surface area contributed by atoms with Crippen LogP contribution in [0.3, 0.4) is 0 Å². The third-order valence-electron chi connectivity index (χ3n) is 8.51. The predicted molar refractivity (Wildman–Crippen MR) is 184 cm³/mol. The van der Waals surface area contributed by atoms with Crippen molar-refractivity contribution in [1.82, 2.24) is 14.7 Å². The summed E-state index contributed by atoms with van der Waals surface area (Å²) in [6, 6.07) is 10.7. The highest BCUT2D eigenvalue weighted by atomic mass is 32.2. The molecule has 1 aliphatic heterocycles. The van der Waals surface area contributed by atoms with Crippen LogP contribution in [0.4, 0.5) is 5.69 Å². The molecule has 2 amide bonds. The molecule has 4 atom stereocenters. The van der Waals surface area contributed by atoms with E-state index in [-0.39, 0.29) is 53.3 Å². The lowest BCUT2D eigenvalue weighted by Crippen LogP contribution is -2.48. The fourth-order valence-electron chi connectivity index (χ4n) is 5.49. The van der Waals surface area contributed by atoms with Gasteiger partial charge in [0.25, 0.3) is 15.9 Å². The Kier molecular flexibility index (Phi) is 14.5. The molecular formula is C35H54N4O7S. The first-order chi connectivity index (χ1) is 22.2. The number of fused-ring (bicyclic) bond motifs is 1. The van der Waals surface area contributed by atoms with Crippen LogP contribution in [0.1, 0.15) is 68.8 Å². The van der Waals surface area contributed by atoms with Crippen molar-refractivity contribution < 1.29 is 32.6 Å². The van der Waals surface area contributed by atoms with E-state index >= 15 is 0 Å². The van der Waals surface area contributed by atoms with E-state index in [1.54, 1.807) is 48.0 Å². The van der Waals surface area contributed by atoms with Gasteiger partial charge in [0.2, 0.25) is 5.91 Å². The standard InChI is InChI=1S/C35H54N4O7S/c1-25-13-16-30(17-14-25)47(43,44)36-29-15-18-32-31(21-29)35(42)39(27(3)24-40)22-26(2)33(45-20-9-8-11-28(4)46-32)23-38(7)34(41)12-10-19-37(5)6/h13-18,21,26-28,33,36,40H,8-12,19-20,22-24H2,1-7H3/t26-,27-,28-,33+/m0/s1. The number of anilines is 1. The van der Waals surface area contributed by atoms with Crippen LogP contribution in [-0.2, 0) is 19.6 Å². The van der Waals surface area contributed by atoms with E-state index in [9.17, 15) is 23.1 Å². The number of likely N-dealkylation sites (N-methyl/N-ethyl adjacent to an activating group) is 1. The Bertz CT molecular complexity index is 1420. The third-order valence-corrected chi connectivity index (χ3v) is 9.91. The van der Waals surface area contributed by atoms with Crippen molar-refractivity contribution in [2.75, 3.05) is 58.7 Å². The van der Waals surface area contributed by atoms with Crippen LogP contribution in [0.25, 0.3) is 0 Å².